The third kappa shape index (κ3) is 4.08. The van der Waals surface area contributed by atoms with E-state index < -0.39 is 11.5 Å². The van der Waals surface area contributed by atoms with E-state index in [0.29, 0.717) is 12.8 Å². The Morgan fingerprint density at radius 3 is 2.54 bits per heavy atom. The first-order chi connectivity index (χ1) is 5.92. The van der Waals surface area contributed by atoms with Gasteiger partial charge in [0.15, 0.2) is 0 Å². The first-order valence-corrected chi connectivity index (χ1v) is 4.54. The van der Waals surface area contributed by atoms with E-state index in [9.17, 15) is 4.79 Å². The molecule has 3 heteroatoms. The minimum atomic E-state index is -0.831. The van der Waals surface area contributed by atoms with Crippen LogP contribution in [0.5, 0.6) is 0 Å². The molecular formula is C10H19NO2. The van der Waals surface area contributed by atoms with Crippen LogP contribution in [0.3, 0.4) is 0 Å². The van der Waals surface area contributed by atoms with Crippen LogP contribution in [0.4, 0.5) is 0 Å². The summed E-state index contributed by atoms with van der Waals surface area (Å²) >= 11 is 0. The van der Waals surface area contributed by atoms with Gasteiger partial charge in [-0.25, -0.2) is 0 Å². The van der Waals surface area contributed by atoms with Crippen LogP contribution in [0.2, 0.25) is 0 Å². The summed E-state index contributed by atoms with van der Waals surface area (Å²) < 4.78 is 0. The monoisotopic (exact) mass is 185 g/mol. The summed E-state index contributed by atoms with van der Waals surface area (Å²) in [4.78, 5) is 11.0. The predicted molar refractivity (Wildman–Crippen MR) is 53.7 cm³/mol. The zero-order valence-corrected chi connectivity index (χ0v) is 8.63. The summed E-state index contributed by atoms with van der Waals surface area (Å²) in [5.74, 6) is -0.803. The molecule has 76 valence electrons. The van der Waals surface area contributed by atoms with E-state index in [-0.39, 0.29) is 6.04 Å². The number of aliphatic carboxylic acids is 1. The Labute approximate surface area is 79.8 Å². The first-order valence-electron chi connectivity index (χ1n) is 4.54. The van der Waals surface area contributed by atoms with Crippen molar-refractivity contribution in [1.82, 2.24) is 5.32 Å². The summed E-state index contributed by atoms with van der Waals surface area (Å²) in [5, 5.41) is 12.1. The van der Waals surface area contributed by atoms with Crippen molar-refractivity contribution in [3.05, 3.63) is 12.7 Å². The van der Waals surface area contributed by atoms with E-state index in [2.05, 4.69) is 11.9 Å². The molecule has 0 saturated carbocycles. The van der Waals surface area contributed by atoms with Crippen LogP contribution in [0, 0.1) is 0 Å². The molecule has 0 bridgehead atoms. The smallest absolute Gasteiger partial charge is 0.323 e. The van der Waals surface area contributed by atoms with Crippen molar-refractivity contribution in [2.45, 2.75) is 45.2 Å². The number of carboxylic acid groups (broad SMARTS) is 1. The van der Waals surface area contributed by atoms with Gasteiger partial charge in [0.05, 0.1) is 0 Å². The van der Waals surface area contributed by atoms with Crippen molar-refractivity contribution in [2.24, 2.45) is 0 Å². The van der Waals surface area contributed by atoms with Gasteiger partial charge in [-0.3, -0.25) is 10.1 Å². The van der Waals surface area contributed by atoms with Crippen LogP contribution in [0.15, 0.2) is 12.7 Å². The highest BCUT2D eigenvalue weighted by molar-refractivity contribution is 5.78. The molecule has 0 aromatic rings. The van der Waals surface area contributed by atoms with Gasteiger partial charge in [0.25, 0.3) is 0 Å². The summed E-state index contributed by atoms with van der Waals surface area (Å²) in [6.45, 7) is 9.17. The molecule has 13 heavy (non-hydrogen) atoms. The lowest BCUT2D eigenvalue weighted by molar-refractivity contribution is -0.144. The minimum absolute atomic E-state index is 0.172. The molecule has 0 aliphatic heterocycles. The molecule has 0 spiro atoms. The second-order valence-corrected chi connectivity index (χ2v) is 3.76. The average Bonchev–Trinajstić information content (AvgIpc) is 1.99. The van der Waals surface area contributed by atoms with Crippen LogP contribution >= 0.6 is 0 Å². The van der Waals surface area contributed by atoms with Gasteiger partial charge < -0.3 is 5.11 Å². The van der Waals surface area contributed by atoms with Crippen molar-refractivity contribution in [2.75, 3.05) is 0 Å². The van der Waals surface area contributed by atoms with Gasteiger partial charge in [-0.05, 0) is 33.6 Å². The number of carbonyl (C=O) groups is 1. The number of allylic oxidation sites excluding steroid dienone is 1. The first kappa shape index (κ1) is 12.2. The summed E-state index contributed by atoms with van der Waals surface area (Å²) in [7, 11) is 0. The maximum atomic E-state index is 11.0. The third-order valence-corrected chi connectivity index (χ3v) is 1.93. The molecule has 0 radical (unpaired) electrons. The molecule has 0 heterocycles. The van der Waals surface area contributed by atoms with E-state index in [0.717, 1.165) is 0 Å². The molecule has 0 amide bonds. The number of rotatable bonds is 6. The second-order valence-electron chi connectivity index (χ2n) is 3.76. The molecule has 0 aromatic heterocycles. The van der Waals surface area contributed by atoms with Gasteiger partial charge in [0.1, 0.15) is 5.54 Å². The number of hydrogen-bond donors (Lipinski definition) is 2. The van der Waals surface area contributed by atoms with Crippen LogP contribution < -0.4 is 5.32 Å². The zero-order valence-electron chi connectivity index (χ0n) is 8.63. The fraction of sp³-hybridized carbons (Fsp3) is 0.700. The van der Waals surface area contributed by atoms with E-state index in [4.69, 9.17) is 5.11 Å². The lowest BCUT2D eigenvalue weighted by Gasteiger charge is -2.28. The molecule has 0 rings (SSSR count). The summed E-state index contributed by atoms with van der Waals surface area (Å²) in [6, 6.07) is 0.172. The molecular weight excluding hydrogens is 166 g/mol. The standard InChI is InChI=1S/C10H19NO2/c1-5-6-7-10(4,9(12)13)11-8(2)3/h5,8,11H,1,6-7H2,2-4H3,(H,12,13). The molecule has 2 N–H and O–H groups in total. The second kappa shape index (κ2) is 5.02. The molecule has 1 unspecified atom stereocenters. The third-order valence-electron chi connectivity index (χ3n) is 1.93. The lowest BCUT2D eigenvalue weighted by Crippen LogP contribution is -2.52. The van der Waals surface area contributed by atoms with Crippen molar-refractivity contribution in [1.29, 1.82) is 0 Å². The molecule has 0 aliphatic rings. The van der Waals surface area contributed by atoms with Crippen molar-refractivity contribution >= 4 is 5.97 Å². The van der Waals surface area contributed by atoms with Crippen LogP contribution in [-0.2, 0) is 4.79 Å². The molecule has 0 fully saturated rings. The quantitative estimate of drug-likeness (QED) is 0.620. The van der Waals surface area contributed by atoms with Crippen molar-refractivity contribution in [3.63, 3.8) is 0 Å². The van der Waals surface area contributed by atoms with E-state index in [1.54, 1.807) is 13.0 Å². The van der Waals surface area contributed by atoms with E-state index in [1.165, 1.54) is 0 Å². The normalized spacial score (nSPS) is 15.4. The van der Waals surface area contributed by atoms with Crippen LogP contribution in [-0.4, -0.2) is 22.7 Å². The zero-order chi connectivity index (χ0) is 10.5. The van der Waals surface area contributed by atoms with E-state index in [1.807, 2.05) is 13.8 Å². The SMILES string of the molecule is C=CCCC(C)(NC(C)C)C(=O)O. The Hall–Kier alpha value is -0.830. The topological polar surface area (TPSA) is 49.3 Å². The number of carboxylic acids is 1. The highest BCUT2D eigenvalue weighted by atomic mass is 16.4. The molecule has 0 aliphatic carbocycles. The Morgan fingerprint density at radius 2 is 2.23 bits per heavy atom. The van der Waals surface area contributed by atoms with Gasteiger partial charge >= 0.3 is 5.97 Å². The Morgan fingerprint density at radius 1 is 1.69 bits per heavy atom. The molecule has 3 nitrogen and oxygen atoms in total. The Bertz CT molecular complexity index is 189. The van der Waals surface area contributed by atoms with Crippen LogP contribution in [0.1, 0.15) is 33.6 Å². The highest BCUT2D eigenvalue weighted by Crippen LogP contribution is 2.13. The number of hydrogen-bond acceptors (Lipinski definition) is 2. The fourth-order valence-electron chi connectivity index (χ4n) is 1.27. The van der Waals surface area contributed by atoms with Gasteiger partial charge in [0.2, 0.25) is 0 Å². The van der Waals surface area contributed by atoms with Gasteiger partial charge in [0, 0.05) is 6.04 Å². The molecule has 0 saturated heterocycles. The summed E-state index contributed by atoms with van der Waals surface area (Å²) in [6.07, 6.45) is 3.02. The minimum Gasteiger partial charge on any atom is -0.480 e. The van der Waals surface area contributed by atoms with Crippen molar-refractivity contribution in [3.8, 4) is 0 Å². The predicted octanol–water partition coefficient (Wildman–Crippen LogP) is 1.79. The molecule has 0 aromatic carbocycles. The van der Waals surface area contributed by atoms with Gasteiger partial charge in [-0.2, -0.15) is 0 Å². The lowest BCUT2D eigenvalue weighted by atomic mass is 9.95. The number of nitrogens with one attached hydrogen (secondary N) is 1. The van der Waals surface area contributed by atoms with Crippen molar-refractivity contribution < 1.29 is 9.90 Å². The maximum absolute atomic E-state index is 11.0. The van der Waals surface area contributed by atoms with E-state index >= 15 is 0 Å². The largest absolute Gasteiger partial charge is 0.480 e. The fourth-order valence-corrected chi connectivity index (χ4v) is 1.27. The highest BCUT2D eigenvalue weighted by Gasteiger charge is 2.32. The van der Waals surface area contributed by atoms with Gasteiger partial charge in [-0.15, -0.1) is 6.58 Å². The molecule has 1 atom stereocenters. The van der Waals surface area contributed by atoms with Crippen LogP contribution in [0.25, 0.3) is 0 Å². The Kier molecular flexibility index (Phi) is 4.70. The summed E-state index contributed by atoms with van der Waals surface area (Å²) in [5.41, 5.74) is -0.831. The average molecular weight is 185 g/mol. The van der Waals surface area contributed by atoms with Gasteiger partial charge in [-0.1, -0.05) is 6.08 Å². The maximum Gasteiger partial charge on any atom is 0.323 e. The Balaban J connectivity index is 4.33.